The zero-order chi connectivity index (χ0) is 17.5. The molecule has 2 aromatic heterocycles. The number of aromatic amines is 1. The van der Waals surface area contributed by atoms with Crippen LogP contribution in [0.5, 0.6) is 0 Å². The second-order valence-electron chi connectivity index (χ2n) is 6.18. The number of hydrogen-bond donors (Lipinski definition) is 2. The lowest BCUT2D eigenvalue weighted by Gasteiger charge is -2.12. The van der Waals surface area contributed by atoms with Crippen molar-refractivity contribution in [3.05, 3.63) is 39.0 Å². The van der Waals surface area contributed by atoms with E-state index in [0.717, 1.165) is 5.01 Å². The van der Waals surface area contributed by atoms with Crippen molar-refractivity contribution in [2.24, 2.45) is 0 Å². The first-order valence-corrected chi connectivity index (χ1v) is 7.85. The predicted molar refractivity (Wildman–Crippen MR) is 89.3 cm³/mol. The van der Waals surface area contributed by atoms with Crippen LogP contribution in [0.3, 0.4) is 0 Å². The summed E-state index contributed by atoms with van der Waals surface area (Å²) in [5.74, 6) is -0.502. The number of rotatable bonds is 3. The van der Waals surface area contributed by atoms with Gasteiger partial charge >= 0.3 is 0 Å². The van der Waals surface area contributed by atoms with Crippen LogP contribution in [0.1, 0.15) is 36.3 Å². The summed E-state index contributed by atoms with van der Waals surface area (Å²) in [6, 6.07) is 4.18. The standard InChI is InChI=1S/C14H14N6O3S/c1-14(2,3)12-18-19-13(24-12)15-11(21)10-8-6-7(20(22)23)4-5-9(8)16-17-10/h4-6H,1-3H3,(H,16,17)(H,15,19,21). The van der Waals surface area contributed by atoms with E-state index in [9.17, 15) is 14.9 Å². The molecule has 0 spiro atoms. The van der Waals surface area contributed by atoms with Crippen LogP contribution in [0.15, 0.2) is 18.2 Å². The largest absolute Gasteiger partial charge is 0.295 e. The number of carbonyl (C=O) groups excluding carboxylic acids is 1. The van der Waals surface area contributed by atoms with E-state index in [2.05, 4.69) is 25.7 Å². The molecular weight excluding hydrogens is 332 g/mol. The van der Waals surface area contributed by atoms with E-state index >= 15 is 0 Å². The van der Waals surface area contributed by atoms with E-state index in [1.54, 1.807) is 0 Å². The van der Waals surface area contributed by atoms with Crippen LogP contribution in [0.2, 0.25) is 0 Å². The molecule has 1 amide bonds. The topological polar surface area (TPSA) is 127 Å². The number of nitrogens with zero attached hydrogens (tertiary/aromatic N) is 4. The van der Waals surface area contributed by atoms with Crippen molar-refractivity contribution in [2.45, 2.75) is 26.2 Å². The highest BCUT2D eigenvalue weighted by molar-refractivity contribution is 7.15. The lowest BCUT2D eigenvalue weighted by Crippen LogP contribution is -2.12. The van der Waals surface area contributed by atoms with Crippen LogP contribution in [0.25, 0.3) is 10.9 Å². The van der Waals surface area contributed by atoms with Gasteiger partial charge in [-0.05, 0) is 6.07 Å². The van der Waals surface area contributed by atoms with Crippen molar-refractivity contribution < 1.29 is 9.72 Å². The Morgan fingerprint density at radius 1 is 1.33 bits per heavy atom. The first-order chi connectivity index (χ1) is 11.3. The highest BCUT2D eigenvalue weighted by Gasteiger charge is 2.22. The summed E-state index contributed by atoms with van der Waals surface area (Å²) in [7, 11) is 0. The molecule has 2 N–H and O–H groups in total. The summed E-state index contributed by atoms with van der Waals surface area (Å²) in [5, 5.41) is 29.7. The minimum Gasteiger partial charge on any atom is -0.295 e. The van der Waals surface area contributed by atoms with Gasteiger partial charge in [-0.2, -0.15) is 5.10 Å². The van der Waals surface area contributed by atoms with E-state index in [1.165, 1.54) is 29.5 Å². The number of non-ortho nitro benzene ring substituents is 1. The van der Waals surface area contributed by atoms with Gasteiger partial charge in [0.1, 0.15) is 5.01 Å². The van der Waals surface area contributed by atoms with E-state index < -0.39 is 10.8 Å². The third-order valence-electron chi connectivity index (χ3n) is 3.26. The maximum Gasteiger partial charge on any atom is 0.278 e. The number of fused-ring (bicyclic) bond motifs is 1. The second kappa shape index (κ2) is 5.64. The van der Waals surface area contributed by atoms with Gasteiger partial charge in [0, 0.05) is 22.9 Å². The van der Waals surface area contributed by atoms with Crippen molar-refractivity contribution in [3.8, 4) is 0 Å². The number of nitro benzene ring substituents is 1. The zero-order valence-electron chi connectivity index (χ0n) is 13.2. The molecule has 2 heterocycles. The molecule has 9 nitrogen and oxygen atoms in total. The minimum absolute atomic E-state index is 0.0706. The third kappa shape index (κ3) is 2.95. The lowest BCUT2D eigenvalue weighted by molar-refractivity contribution is -0.384. The molecule has 0 radical (unpaired) electrons. The Kier molecular flexibility index (Phi) is 3.76. The fourth-order valence-electron chi connectivity index (χ4n) is 2.02. The first kappa shape index (κ1) is 16.0. The van der Waals surface area contributed by atoms with Crippen molar-refractivity contribution in [1.82, 2.24) is 20.4 Å². The molecule has 3 aromatic rings. The Morgan fingerprint density at radius 3 is 2.71 bits per heavy atom. The summed E-state index contributed by atoms with van der Waals surface area (Å²) in [5.41, 5.74) is 0.337. The Labute approximate surface area is 140 Å². The molecule has 0 saturated carbocycles. The average Bonchev–Trinajstić information content (AvgIpc) is 3.12. The molecule has 0 aliphatic carbocycles. The summed E-state index contributed by atoms with van der Waals surface area (Å²) < 4.78 is 0. The average molecular weight is 346 g/mol. The van der Waals surface area contributed by atoms with Crippen molar-refractivity contribution in [1.29, 1.82) is 0 Å². The van der Waals surface area contributed by atoms with Crippen LogP contribution >= 0.6 is 11.3 Å². The summed E-state index contributed by atoms with van der Waals surface area (Å²) in [4.78, 5) is 22.8. The van der Waals surface area contributed by atoms with Crippen molar-refractivity contribution >= 4 is 39.0 Å². The van der Waals surface area contributed by atoms with E-state index in [-0.39, 0.29) is 16.8 Å². The molecule has 24 heavy (non-hydrogen) atoms. The Bertz CT molecular complexity index is 940. The number of H-pyrrole nitrogens is 1. The van der Waals surface area contributed by atoms with Crippen LogP contribution in [-0.4, -0.2) is 31.2 Å². The summed E-state index contributed by atoms with van der Waals surface area (Å²) in [6.45, 7) is 6.00. The SMILES string of the molecule is CC(C)(C)c1nnc(NC(=O)c2n[nH]c3ccc([N+](=O)[O-])cc23)s1. The minimum atomic E-state index is -0.519. The predicted octanol–water partition coefficient (Wildman–Crippen LogP) is 2.87. The molecule has 0 atom stereocenters. The van der Waals surface area contributed by atoms with Crippen LogP contribution in [0, 0.1) is 10.1 Å². The number of nitro groups is 1. The van der Waals surface area contributed by atoms with E-state index in [0.29, 0.717) is 16.0 Å². The molecule has 0 bridgehead atoms. The molecule has 0 aliphatic heterocycles. The number of carbonyl (C=O) groups is 1. The Balaban J connectivity index is 1.90. The fraction of sp³-hybridized carbons (Fsp3) is 0.286. The number of anilines is 1. The highest BCUT2D eigenvalue weighted by atomic mass is 32.1. The van der Waals surface area contributed by atoms with Gasteiger partial charge in [0.2, 0.25) is 5.13 Å². The van der Waals surface area contributed by atoms with Gasteiger partial charge in [0.15, 0.2) is 5.69 Å². The summed E-state index contributed by atoms with van der Waals surface area (Å²) in [6.07, 6.45) is 0. The van der Waals surface area contributed by atoms with E-state index in [1.807, 2.05) is 20.8 Å². The smallest absolute Gasteiger partial charge is 0.278 e. The quantitative estimate of drug-likeness (QED) is 0.554. The highest BCUT2D eigenvalue weighted by Crippen LogP contribution is 2.28. The molecule has 3 rings (SSSR count). The zero-order valence-corrected chi connectivity index (χ0v) is 14.0. The van der Waals surface area contributed by atoms with Crippen molar-refractivity contribution in [3.63, 3.8) is 0 Å². The number of aromatic nitrogens is 4. The number of hydrogen-bond acceptors (Lipinski definition) is 7. The normalized spacial score (nSPS) is 11.6. The monoisotopic (exact) mass is 346 g/mol. The number of nitrogens with one attached hydrogen (secondary N) is 2. The van der Waals surface area contributed by atoms with Crippen LogP contribution in [0.4, 0.5) is 10.8 Å². The van der Waals surface area contributed by atoms with Gasteiger partial charge in [-0.3, -0.25) is 25.3 Å². The maximum atomic E-state index is 12.4. The van der Waals surface area contributed by atoms with Gasteiger partial charge < -0.3 is 0 Å². The second-order valence-corrected chi connectivity index (χ2v) is 7.15. The number of amides is 1. The molecule has 0 saturated heterocycles. The first-order valence-electron chi connectivity index (χ1n) is 7.03. The molecule has 124 valence electrons. The summed E-state index contributed by atoms with van der Waals surface area (Å²) >= 11 is 1.28. The van der Waals surface area contributed by atoms with Gasteiger partial charge in [0.25, 0.3) is 11.6 Å². The number of benzene rings is 1. The Morgan fingerprint density at radius 2 is 2.08 bits per heavy atom. The molecule has 1 aromatic carbocycles. The van der Waals surface area contributed by atoms with Crippen molar-refractivity contribution in [2.75, 3.05) is 5.32 Å². The van der Waals surface area contributed by atoms with Gasteiger partial charge in [-0.15, -0.1) is 10.2 Å². The molecular formula is C14H14N6O3S. The fourth-order valence-corrected chi connectivity index (χ4v) is 2.82. The third-order valence-corrected chi connectivity index (χ3v) is 4.52. The Hall–Kier alpha value is -2.88. The maximum absolute atomic E-state index is 12.4. The van der Waals surface area contributed by atoms with Crippen LogP contribution < -0.4 is 5.32 Å². The van der Waals surface area contributed by atoms with Crippen LogP contribution in [-0.2, 0) is 5.41 Å². The molecule has 0 unspecified atom stereocenters. The van der Waals surface area contributed by atoms with Gasteiger partial charge in [-0.25, -0.2) is 0 Å². The van der Waals surface area contributed by atoms with Gasteiger partial charge in [-0.1, -0.05) is 32.1 Å². The molecule has 0 aliphatic rings. The molecule has 0 fully saturated rings. The van der Waals surface area contributed by atoms with Gasteiger partial charge in [0.05, 0.1) is 10.4 Å². The van der Waals surface area contributed by atoms with E-state index in [4.69, 9.17) is 0 Å². The lowest BCUT2D eigenvalue weighted by atomic mass is 9.98. The molecule has 10 heteroatoms.